The van der Waals surface area contributed by atoms with Gasteiger partial charge < -0.3 is 21.1 Å². The minimum Gasteiger partial charge on any atom is -0.480 e. The molecule has 0 aliphatic heterocycles. The molecule has 1 atom stereocenters. The molecule has 41 heavy (non-hydrogen) atoms. The van der Waals surface area contributed by atoms with E-state index in [-0.39, 0.29) is 34.5 Å². The molecule has 3 amide bonds. The van der Waals surface area contributed by atoms with Gasteiger partial charge in [-0.15, -0.1) is 0 Å². The van der Waals surface area contributed by atoms with Crippen molar-refractivity contribution in [1.82, 2.24) is 20.9 Å². The third-order valence-electron chi connectivity index (χ3n) is 6.77. The first kappa shape index (κ1) is 30.0. The van der Waals surface area contributed by atoms with Crippen molar-refractivity contribution in [3.63, 3.8) is 0 Å². The molecule has 1 heterocycles. The highest BCUT2D eigenvalue weighted by Gasteiger charge is 2.25. The lowest BCUT2D eigenvalue weighted by atomic mass is 9.95. The molecule has 4 N–H and O–H groups in total. The Bertz CT molecular complexity index is 1430. The molecule has 9 nitrogen and oxygen atoms in total. The fourth-order valence-electron chi connectivity index (χ4n) is 4.57. The number of aryl methyl sites for hydroxylation is 3. The summed E-state index contributed by atoms with van der Waals surface area (Å²) < 4.78 is 0. The van der Waals surface area contributed by atoms with Crippen molar-refractivity contribution in [2.75, 3.05) is 13.1 Å². The van der Waals surface area contributed by atoms with E-state index in [4.69, 9.17) is 23.2 Å². The van der Waals surface area contributed by atoms with Gasteiger partial charge in [0.25, 0.3) is 5.91 Å². The van der Waals surface area contributed by atoms with Crippen molar-refractivity contribution in [1.29, 1.82) is 0 Å². The average molecular weight is 597 g/mol. The lowest BCUT2D eigenvalue weighted by Crippen LogP contribution is -2.50. The Hall–Kier alpha value is -3.95. The van der Waals surface area contributed by atoms with Gasteiger partial charge in [0.05, 0.1) is 22.2 Å². The van der Waals surface area contributed by atoms with E-state index < -0.39 is 30.4 Å². The number of carbonyl (C=O) groups excluding carboxylic acids is 3. The van der Waals surface area contributed by atoms with Crippen molar-refractivity contribution < 1.29 is 24.3 Å². The van der Waals surface area contributed by atoms with Gasteiger partial charge in [-0.1, -0.05) is 59.6 Å². The average Bonchev–Trinajstić information content (AvgIpc) is 2.96. The van der Waals surface area contributed by atoms with Gasteiger partial charge in [-0.05, 0) is 67.0 Å². The van der Waals surface area contributed by atoms with Crippen LogP contribution in [-0.4, -0.2) is 52.9 Å². The summed E-state index contributed by atoms with van der Waals surface area (Å²) in [6.45, 7) is -0.749. The Labute approximate surface area is 247 Å². The monoisotopic (exact) mass is 596 g/mol. The number of pyridine rings is 1. The third-order valence-corrected chi connectivity index (χ3v) is 7.37. The van der Waals surface area contributed by atoms with Crippen LogP contribution in [0.4, 0.5) is 0 Å². The van der Waals surface area contributed by atoms with E-state index in [0.29, 0.717) is 12.0 Å². The number of halogens is 2. The van der Waals surface area contributed by atoms with Crippen LogP contribution in [0, 0.1) is 0 Å². The molecule has 1 aliphatic rings. The second-order valence-electron chi connectivity index (χ2n) is 9.74. The molecule has 0 radical (unpaired) electrons. The molecule has 214 valence electrons. The summed E-state index contributed by atoms with van der Waals surface area (Å²) in [6.07, 6.45) is 4.89. The van der Waals surface area contributed by atoms with Crippen molar-refractivity contribution in [3.05, 3.63) is 87.2 Å². The van der Waals surface area contributed by atoms with Gasteiger partial charge in [0.1, 0.15) is 6.04 Å². The summed E-state index contributed by atoms with van der Waals surface area (Å²) in [5, 5.41) is 17.0. The van der Waals surface area contributed by atoms with Crippen LogP contribution in [0.2, 0.25) is 10.0 Å². The molecule has 1 aliphatic carbocycles. The number of nitrogens with one attached hydrogen (secondary N) is 3. The number of carbonyl (C=O) groups is 4. The van der Waals surface area contributed by atoms with E-state index in [2.05, 4.69) is 27.0 Å². The highest BCUT2D eigenvalue weighted by molar-refractivity contribution is 6.40. The molecule has 0 bridgehead atoms. The topological polar surface area (TPSA) is 137 Å². The fourth-order valence-corrected chi connectivity index (χ4v) is 5.23. The van der Waals surface area contributed by atoms with E-state index in [1.807, 2.05) is 36.4 Å². The minimum atomic E-state index is -1.46. The molecule has 0 saturated heterocycles. The summed E-state index contributed by atoms with van der Waals surface area (Å²) in [4.78, 5) is 53.8. The molecular formula is C30H30Cl2N4O5. The number of carboxylic acids is 1. The number of aromatic nitrogens is 1. The fraction of sp³-hybridized carbons (Fsp3) is 0.300. The van der Waals surface area contributed by atoms with Crippen molar-refractivity contribution in [2.24, 2.45) is 0 Å². The van der Waals surface area contributed by atoms with Crippen molar-refractivity contribution in [2.45, 2.75) is 44.6 Å². The zero-order chi connectivity index (χ0) is 29.4. The largest absolute Gasteiger partial charge is 0.480 e. The number of nitrogens with zero attached hydrogens (tertiary/aromatic N) is 1. The molecular weight excluding hydrogens is 567 g/mol. The summed E-state index contributed by atoms with van der Waals surface area (Å²) in [5.74, 6) is -3.10. The first-order valence-corrected chi connectivity index (χ1v) is 14.1. The van der Waals surface area contributed by atoms with Crippen LogP contribution in [-0.2, 0) is 33.6 Å². The van der Waals surface area contributed by atoms with Gasteiger partial charge in [0, 0.05) is 24.4 Å². The molecule has 4 rings (SSSR count). The van der Waals surface area contributed by atoms with Gasteiger partial charge in [-0.2, -0.15) is 0 Å². The zero-order valence-corrected chi connectivity index (χ0v) is 23.7. The molecule has 2 aromatic carbocycles. The number of aliphatic carboxylic acids is 1. The van der Waals surface area contributed by atoms with Crippen LogP contribution in [0.1, 0.15) is 46.6 Å². The first-order valence-electron chi connectivity index (χ1n) is 13.3. The van der Waals surface area contributed by atoms with Gasteiger partial charge in [0.2, 0.25) is 11.8 Å². The maximum Gasteiger partial charge on any atom is 0.328 e. The number of benzene rings is 2. The van der Waals surface area contributed by atoms with Crippen LogP contribution >= 0.6 is 23.2 Å². The number of hydrogen-bond donors (Lipinski definition) is 4. The summed E-state index contributed by atoms with van der Waals surface area (Å²) in [5.41, 5.74) is 4.66. The second kappa shape index (κ2) is 14.1. The normalized spacial score (nSPS) is 13.0. The van der Waals surface area contributed by atoms with E-state index in [0.717, 1.165) is 36.2 Å². The smallest absolute Gasteiger partial charge is 0.328 e. The van der Waals surface area contributed by atoms with E-state index >= 15 is 0 Å². The maximum atomic E-state index is 12.9. The number of carboxylic acid groups (broad SMARTS) is 1. The number of hydrogen-bond acceptors (Lipinski definition) is 5. The second-order valence-corrected chi connectivity index (χ2v) is 10.6. The predicted molar refractivity (Wildman–Crippen MR) is 156 cm³/mol. The first-order chi connectivity index (χ1) is 19.7. The maximum absolute atomic E-state index is 12.9. The zero-order valence-electron chi connectivity index (χ0n) is 22.2. The summed E-state index contributed by atoms with van der Waals surface area (Å²) >= 11 is 12.7. The lowest BCUT2D eigenvalue weighted by Gasteiger charge is -2.17. The Morgan fingerprint density at radius 3 is 2.29 bits per heavy atom. The standard InChI is InChI=1S/C30H30Cl2N4O5/c31-22-14-20(18-6-2-1-3-7-18)15-23(32)28(22)29(39)36-25(30(40)41)16-33-27(38)17-34-26(37)13-12-21-11-10-19-8-4-5-9-24(19)35-21/h1-3,6-7,10-11,14-15,25H,4-5,8-9,12-13,16-17H2,(H,33,38)(H,34,37)(H,36,39)(H,40,41)/t25-/m0/s1. The molecule has 11 heteroatoms. The van der Waals surface area contributed by atoms with Crippen LogP contribution in [0.5, 0.6) is 0 Å². The SMILES string of the molecule is O=C(CCc1ccc2c(n1)CCCC2)NCC(=O)NC[C@H](NC(=O)c1c(Cl)cc(-c2ccccc2)cc1Cl)C(=O)O. The van der Waals surface area contributed by atoms with E-state index in [1.54, 1.807) is 12.1 Å². The van der Waals surface area contributed by atoms with Gasteiger partial charge in [-0.25, -0.2) is 4.79 Å². The molecule has 3 aromatic rings. The Balaban J connectivity index is 1.25. The third kappa shape index (κ3) is 8.28. The van der Waals surface area contributed by atoms with E-state index in [9.17, 15) is 24.3 Å². The molecule has 0 saturated carbocycles. The minimum absolute atomic E-state index is 0.0512. The quantitative estimate of drug-likeness (QED) is 0.264. The molecule has 0 spiro atoms. The van der Waals surface area contributed by atoms with E-state index in [1.165, 1.54) is 12.0 Å². The van der Waals surface area contributed by atoms with Crippen LogP contribution in [0.15, 0.2) is 54.6 Å². The molecule has 1 aromatic heterocycles. The van der Waals surface area contributed by atoms with Gasteiger partial charge in [0.15, 0.2) is 0 Å². The van der Waals surface area contributed by atoms with Crippen molar-refractivity contribution in [3.8, 4) is 11.1 Å². The van der Waals surface area contributed by atoms with Crippen LogP contribution in [0.25, 0.3) is 11.1 Å². The molecule has 0 unspecified atom stereocenters. The highest BCUT2D eigenvalue weighted by atomic mass is 35.5. The van der Waals surface area contributed by atoms with Crippen LogP contribution in [0.3, 0.4) is 0 Å². The van der Waals surface area contributed by atoms with Gasteiger partial charge in [-0.3, -0.25) is 19.4 Å². The Kier molecular flexibility index (Phi) is 10.3. The van der Waals surface area contributed by atoms with Crippen molar-refractivity contribution >= 4 is 46.9 Å². The molecule has 0 fully saturated rings. The van der Waals surface area contributed by atoms with Crippen LogP contribution < -0.4 is 16.0 Å². The van der Waals surface area contributed by atoms with Gasteiger partial charge >= 0.3 is 5.97 Å². The summed E-state index contributed by atoms with van der Waals surface area (Å²) in [7, 11) is 0. The number of rotatable bonds is 11. The number of amides is 3. The summed E-state index contributed by atoms with van der Waals surface area (Å²) in [6, 6.07) is 15.0. The Morgan fingerprint density at radius 1 is 0.878 bits per heavy atom. The number of fused-ring (bicyclic) bond motifs is 1. The lowest BCUT2D eigenvalue weighted by molar-refractivity contribution is -0.139. The Morgan fingerprint density at radius 2 is 1.59 bits per heavy atom. The predicted octanol–water partition coefficient (Wildman–Crippen LogP) is 3.98. The highest BCUT2D eigenvalue weighted by Crippen LogP contribution is 2.31.